The molecule has 1 amide bonds. The first-order valence-corrected chi connectivity index (χ1v) is 6.88. The normalized spacial score (nSPS) is 10.3. The second-order valence-electron chi connectivity index (χ2n) is 4.80. The Kier molecular flexibility index (Phi) is 7.43. The van der Waals surface area contributed by atoms with Gasteiger partial charge in [-0.2, -0.15) is 0 Å². The van der Waals surface area contributed by atoms with E-state index in [9.17, 15) is 4.79 Å². The second kappa shape index (κ2) is 9.15. The standard InChI is InChI=1S/C16H24N2O2/c1-4-10-17-16(19)13-18(3)11-7-12-20-15-9-6-5-8-14(15)2/h4-6,8-9H,1,7,10-13H2,2-3H3,(H,17,19). The minimum Gasteiger partial charge on any atom is -0.493 e. The van der Waals surface area contributed by atoms with Crippen LogP contribution < -0.4 is 10.1 Å². The minimum atomic E-state index is 0.0206. The van der Waals surface area contributed by atoms with Crippen LogP contribution in [0.1, 0.15) is 12.0 Å². The van der Waals surface area contributed by atoms with E-state index in [1.54, 1.807) is 6.08 Å². The van der Waals surface area contributed by atoms with Crippen LogP contribution in [0.15, 0.2) is 36.9 Å². The number of nitrogens with zero attached hydrogens (tertiary/aromatic N) is 1. The monoisotopic (exact) mass is 276 g/mol. The van der Waals surface area contributed by atoms with Crippen molar-refractivity contribution in [3.05, 3.63) is 42.5 Å². The number of rotatable bonds is 9. The largest absolute Gasteiger partial charge is 0.493 e. The highest BCUT2D eigenvalue weighted by atomic mass is 16.5. The van der Waals surface area contributed by atoms with E-state index in [2.05, 4.69) is 11.9 Å². The summed E-state index contributed by atoms with van der Waals surface area (Å²) in [5, 5.41) is 2.76. The van der Waals surface area contributed by atoms with E-state index in [1.807, 2.05) is 43.1 Å². The molecule has 1 aromatic rings. The molecule has 0 radical (unpaired) electrons. The average molecular weight is 276 g/mol. The van der Waals surface area contributed by atoms with Gasteiger partial charge in [0.15, 0.2) is 0 Å². The Morgan fingerprint density at radius 3 is 2.90 bits per heavy atom. The van der Waals surface area contributed by atoms with Crippen LogP contribution in [0.4, 0.5) is 0 Å². The summed E-state index contributed by atoms with van der Waals surface area (Å²) in [5.74, 6) is 0.950. The van der Waals surface area contributed by atoms with Crippen LogP contribution in [0.3, 0.4) is 0 Å². The fraction of sp³-hybridized carbons (Fsp3) is 0.438. The number of amides is 1. The first kappa shape index (κ1) is 16.2. The topological polar surface area (TPSA) is 41.6 Å². The fourth-order valence-corrected chi connectivity index (χ4v) is 1.80. The van der Waals surface area contributed by atoms with Crippen molar-refractivity contribution < 1.29 is 9.53 Å². The second-order valence-corrected chi connectivity index (χ2v) is 4.80. The number of para-hydroxylation sites is 1. The maximum atomic E-state index is 11.5. The van der Waals surface area contributed by atoms with E-state index < -0.39 is 0 Å². The molecule has 0 unspecified atom stereocenters. The number of ether oxygens (including phenoxy) is 1. The lowest BCUT2D eigenvalue weighted by Crippen LogP contribution is -2.35. The summed E-state index contributed by atoms with van der Waals surface area (Å²) in [6.07, 6.45) is 2.56. The molecule has 0 saturated carbocycles. The van der Waals surface area contributed by atoms with E-state index in [1.165, 1.54) is 0 Å². The lowest BCUT2D eigenvalue weighted by atomic mass is 10.2. The molecule has 0 heterocycles. The van der Waals surface area contributed by atoms with Gasteiger partial charge in [0.05, 0.1) is 13.2 Å². The molecule has 1 N–H and O–H groups in total. The first-order valence-electron chi connectivity index (χ1n) is 6.88. The Bertz CT molecular complexity index is 432. The predicted octanol–water partition coefficient (Wildman–Crippen LogP) is 2.00. The Morgan fingerprint density at radius 2 is 2.20 bits per heavy atom. The Morgan fingerprint density at radius 1 is 1.45 bits per heavy atom. The van der Waals surface area contributed by atoms with Crippen molar-refractivity contribution in [1.82, 2.24) is 10.2 Å². The van der Waals surface area contributed by atoms with Crippen LogP contribution >= 0.6 is 0 Å². The van der Waals surface area contributed by atoms with Gasteiger partial charge < -0.3 is 10.1 Å². The van der Waals surface area contributed by atoms with Crippen molar-refractivity contribution in [2.24, 2.45) is 0 Å². The quantitative estimate of drug-likeness (QED) is 0.554. The summed E-state index contributed by atoms with van der Waals surface area (Å²) in [5.41, 5.74) is 1.14. The minimum absolute atomic E-state index is 0.0206. The van der Waals surface area contributed by atoms with Crippen molar-refractivity contribution in [1.29, 1.82) is 0 Å². The Labute approximate surface area is 121 Å². The summed E-state index contributed by atoms with van der Waals surface area (Å²) in [6.45, 7) is 8.00. The average Bonchev–Trinajstić information content (AvgIpc) is 2.43. The molecule has 0 atom stereocenters. The molecule has 110 valence electrons. The molecule has 4 heteroatoms. The number of hydrogen-bond acceptors (Lipinski definition) is 3. The molecule has 0 fully saturated rings. The Balaban J connectivity index is 2.16. The van der Waals surface area contributed by atoms with E-state index in [4.69, 9.17) is 4.74 Å². The molecule has 0 aliphatic heterocycles. The van der Waals surface area contributed by atoms with Crippen LogP contribution in [-0.2, 0) is 4.79 Å². The third kappa shape index (κ3) is 6.38. The SMILES string of the molecule is C=CCNC(=O)CN(C)CCCOc1ccccc1C. The van der Waals surface area contributed by atoms with Gasteiger partial charge in [-0.3, -0.25) is 9.69 Å². The van der Waals surface area contributed by atoms with Gasteiger partial charge in [-0.1, -0.05) is 24.3 Å². The van der Waals surface area contributed by atoms with Gasteiger partial charge in [0.1, 0.15) is 5.75 Å². The number of carbonyl (C=O) groups excluding carboxylic acids is 1. The smallest absolute Gasteiger partial charge is 0.234 e. The van der Waals surface area contributed by atoms with Crippen molar-refractivity contribution in [3.8, 4) is 5.75 Å². The number of nitrogens with one attached hydrogen (secondary N) is 1. The van der Waals surface area contributed by atoms with Gasteiger partial charge >= 0.3 is 0 Å². The van der Waals surface area contributed by atoms with Gasteiger partial charge in [0.2, 0.25) is 5.91 Å². The fourth-order valence-electron chi connectivity index (χ4n) is 1.80. The summed E-state index contributed by atoms with van der Waals surface area (Å²) < 4.78 is 5.72. The predicted molar refractivity (Wildman–Crippen MR) is 82.0 cm³/mol. The zero-order valence-corrected chi connectivity index (χ0v) is 12.4. The van der Waals surface area contributed by atoms with Crippen molar-refractivity contribution in [2.75, 3.05) is 33.3 Å². The maximum Gasteiger partial charge on any atom is 0.234 e. The summed E-state index contributed by atoms with van der Waals surface area (Å²) in [7, 11) is 1.93. The highest BCUT2D eigenvalue weighted by molar-refractivity contribution is 5.78. The first-order chi connectivity index (χ1) is 9.63. The van der Waals surface area contributed by atoms with Crippen LogP contribution in [0, 0.1) is 6.92 Å². The Hall–Kier alpha value is -1.81. The molecule has 20 heavy (non-hydrogen) atoms. The van der Waals surface area contributed by atoms with E-state index in [-0.39, 0.29) is 5.91 Å². The lowest BCUT2D eigenvalue weighted by Gasteiger charge is -2.16. The van der Waals surface area contributed by atoms with Crippen LogP contribution in [0.25, 0.3) is 0 Å². The number of carbonyl (C=O) groups is 1. The zero-order valence-electron chi connectivity index (χ0n) is 12.4. The molecule has 1 rings (SSSR count). The third-order valence-electron chi connectivity index (χ3n) is 2.89. The molecule has 0 aliphatic rings. The number of hydrogen-bond donors (Lipinski definition) is 1. The van der Waals surface area contributed by atoms with Crippen LogP contribution in [0.2, 0.25) is 0 Å². The van der Waals surface area contributed by atoms with Gasteiger partial charge in [0, 0.05) is 13.1 Å². The third-order valence-corrected chi connectivity index (χ3v) is 2.89. The van der Waals surface area contributed by atoms with E-state index in [0.717, 1.165) is 24.3 Å². The molecule has 0 spiro atoms. The molecule has 0 aromatic heterocycles. The maximum absolute atomic E-state index is 11.5. The molecular weight excluding hydrogens is 252 g/mol. The van der Waals surface area contributed by atoms with Gasteiger partial charge in [-0.15, -0.1) is 6.58 Å². The number of aryl methyl sites for hydroxylation is 1. The lowest BCUT2D eigenvalue weighted by molar-refractivity contribution is -0.121. The molecule has 1 aromatic carbocycles. The summed E-state index contributed by atoms with van der Waals surface area (Å²) in [6, 6.07) is 7.98. The van der Waals surface area contributed by atoms with Crippen molar-refractivity contribution in [2.45, 2.75) is 13.3 Å². The van der Waals surface area contributed by atoms with Gasteiger partial charge in [-0.25, -0.2) is 0 Å². The zero-order chi connectivity index (χ0) is 14.8. The molecule has 0 saturated heterocycles. The van der Waals surface area contributed by atoms with E-state index in [0.29, 0.717) is 19.7 Å². The molecule has 4 nitrogen and oxygen atoms in total. The summed E-state index contributed by atoms with van der Waals surface area (Å²) in [4.78, 5) is 13.5. The highest BCUT2D eigenvalue weighted by Crippen LogP contribution is 2.16. The summed E-state index contributed by atoms with van der Waals surface area (Å²) >= 11 is 0. The van der Waals surface area contributed by atoms with Crippen molar-refractivity contribution in [3.63, 3.8) is 0 Å². The number of benzene rings is 1. The molecule has 0 aliphatic carbocycles. The van der Waals surface area contributed by atoms with Crippen LogP contribution in [0.5, 0.6) is 5.75 Å². The molecular formula is C16H24N2O2. The highest BCUT2D eigenvalue weighted by Gasteiger charge is 2.05. The van der Waals surface area contributed by atoms with Crippen LogP contribution in [-0.4, -0.2) is 44.1 Å². The van der Waals surface area contributed by atoms with Gasteiger partial charge in [0.25, 0.3) is 0 Å². The van der Waals surface area contributed by atoms with Crippen molar-refractivity contribution >= 4 is 5.91 Å². The van der Waals surface area contributed by atoms with Gasteiger partial charge in [-0.05, 0) is 32.0 Å². The number of likely N-dealkylation sites (N-methyl/N-ethyl adjacent to an activating group) is 1. The van der Waals surface area contributed by atoms with E-state index >= 15 is 0 Å². The molecule has 0 bridgehead atoms.